The number of benzene rings is 4. The number of carbonyl (C=O) groups excluding carboxylic acids is 1. The molecule has 0 radical (unpaired) electrons. The van der Waals surface area contributed by atoms with Gasteiger partial charge in [0.1, 0.15) is 6.17 Å². The molecule has 0 bridgehead atoms. The van der Waals surface area contributed by atoms with Gasteiger partial charge in [-0.25, -0.2) is 0 Å². The van der Waals surface area contributed by atoms with Crippen LogP contribution in [0, 0.1) is 0 Å². The van der Waals surface area contributed by atoms with Gasteiger partial charge in [-0.05, 0) is 60.5 Å². The van der Waals surface area contributed by atoms with Crippen LogP contribution in [0.25, 0.3) is 0 Å². The second-order valence-corrected chi connectivity index (χ2v) is 12.1. The van der Waals surface area contributed by atoms with Crippen molar-refractivity contribution in [3.63, 3.8) is 0 Å². The van der Waals surface area contributed by atoms with Crippen molar-refractivity contribution in [2.24, 2.45) is 5.16 Å². The molecule has 2 heterocycles. The van der Waals surface area contributed by atoms with Crippen LogP contribution < -0.4 is 48.5 Å². The molecule has 0 spiro atoms. The predicted molar refractivity (Wildman–Crippen MR) is 198 cm³/mol. The van der Waals surface area contributed by atoms with E-state index in [0.29, 0.717) is 83.2 Å². The summed E-state index contributed by atoms with van der Waals surface area (Å²) in [6, 6.07) is 20.3. The van der Waals surface area contributed by atoms with Gasteiger partial charge in [0, 0.05) is 29.7 Å². The largest absolute Gasteiger partial charge is 0.493 e. The SMILES string of the molecule is C=C(CCCOc1ccc(C2NC(=O)c3ccccc3N2)cc1OC)Oc1c(OC)cc(C2CC(c3cc(OC)c(OC)c(OC)c3)=NO2)cc1OC. The molecule has 2 atom stereocenters. The highest BCUT2D eigenvalue weighted by atomic mass is 16.6. The number of allylic oxidation sites excluding steroid dienone is 1. The molecule has 0 saturated carbocycles. The van der Waals surface area contributed by atoms with Crippen molar-refractivity contribution >= 4 is 17.3 Å². The third-order valence-electron chi connectivity index (χ3n) is 8.89. The Balaban J connectivity index is 1.05. The van der Waals surface area contributed by atoms with E-state index in [-0.39, 0.29) is 5.91 Å². The monoisotopic (exact) mass is 725 g/mol. The second kappa shape index (κ2) is 16.4. The average molecular weight is 726 g/mol. The smallest absolute Gasteiger partial charge is 0.255 e. The Morgan fingerprint density at radius 1 is 0.755 bits per heavy atom. The molecule has 2 unspecified atom stereocenters. The summed E-state index contributed by atoms with van der Waals surface area (Å²) in [5.74, 6) is 4.35. The van der Waals surface area contributed by atoms with Crippen LogP contribution >= 0.6 is 0 Å². The fourth-order valence-electron chi connectivity index (χ4n) is 6.16. The Hall–Kier alpha value is -6.24. The molecule has 13 heteroatoms. The van der Waals surface area contributed by atoms with Crippen LogP contribution in [0.3, 0.4) is 0 Å². The molecule has 0 fully saturated rings. The van der Waals surface area contributed by atoms with Crippen LogP contribution in [0.15, 0.2) is 84.2 Å². The van der Waals surface area contributed by atoms with Gasteiger partial charge < -0.3 is 53.4 Å². The average Bonchev–Trinajstić information content (AvgIpc) is 3.69. The first-order valence-electron chi connectivity index (χ1n) is 16.9. The molecule has 53 heavy (non-hydrogen) atoms. The van der Waals surface area contributed by atoms with Crippen molar-refractivity contribution < 1.29 is 47.5 Å². The molecule has 2 aliphatic heterocycles. The van der Waals surface area contributed by atoms with Crippen LogP contribution in [-0.4, -0.2) is 60.9 Å². The van der Waals surface area contributed by atoms with Gasteiger partial charge in [0.15, 0.2) is 40.6 Å². The summed E-state index contributed by atoms with van der Waals surface area (Å²) >= 11 is 0. The zero-order chi connectivity index (χ0) is 37.5. The van der Waals surface area contributed by atoms with Crippen molar-refractivity contribution in [1.82, 2.24) is 5.32 Å². The fraction of sp³-hybridized carbons (Fsp3) is 0.300. The lowest BCUT2D eigenvalue weighted by atomic mass is 9.99. The van der Waals surface area contributed by atoms with Gasteiger partial charge in [-0.3, -0.25) is 4.79 Å². The maximum absolute atomic E-state index is 12.6. The van der Waals surface area contributed by atoms with Gasteiger partial charge in [0.25, 0.3) is 5.91 Å². The number of ether oxygens (including phenoxy) is 8. The molecule has 13 nitrogen and oxygen atoms in total. The summed E-state index contributed by atoms with van der Waals surface area (Å²) in [7, 11) is 9.39. The number of carbonyl (C=O) groups is 1. The maximum Gasteiger partial charge on any atom is 0.255 e. The van der Waals surface area contributed by atoms with E-state index in [4.69, 9.17) is 42.7 Å². The normalized spacial score (nSPS) is 15.8. The van der Waals surface area contributed by atoms with Gasteiger partial charge in [-0.15, -0.1) is 0 Å². The number of para-hydroxylation sites is 1. The third-order valence-corrected chi connectivity index (χ3v) is 8.89. The summed E-state index contributed by atoms with van der Waals surface area (Å²) in [6.45, 7) is 4.50. The lowest BCUT2D eigenvalue weighted by Crippen LogP contribution is -2.38. The predicted octanol–water partition coefficient (Wildman–Crippen LogP) is 7.21. The lowest BCUT2D eigenvalue weighted by Gasteiger charge is -2.28. The molecule has 278 valence electrons. The van der Waals surface area contributed by atoms with Crippen molar-refractivity contribution in [1.29, 1.82) is 0 Å². The van der Waals surface area contributed by atoms with Crippen LogP contribution in [0.1, 0.15) is 58.6 Å². The number of amides is 1. The minimum absolute atomic E-state index is 0.141. The summed E-state index contributed by atoms with van der Waals surface area (Å²) in [4.78, 5) is 18.5. The molecule has 4 aromatic rings. The standard InChI is InChI=1S/C40H43N3O10/c1-23(11-10-16-51-30-15-14-24(17-32(30)45-2)39-41-28-13-9-8-12-27(28)40(44)42-39)52-38-35(48-5)20-26(21-36(38)49-6)31-22-29(43-53-31)25-18-33(46-3)37(50-7)34(19-25)47-4/h8-9,12-15,17-21,31,39,41H,1,10-11,16,22H2,2-7H3,(H,42,44). The fourth-order valence-corrected chi connectivity index (χ4v) is 6.16. The molecule has 0 aliphatic carbocycles. The number of methoxy groups -OCH3 is 6. The first-order chi connectivity index (χ1) is 25.8. The third kappa shape index (κ3) is 7.83. The van der Waals surface area contributed by atoms with Gasteiger partial charge in [0.05, 0.1) is 66.3 Å². The van der Waals surface area contributed by atoms with Crippen molar-refractivity contribution in [3.8, 4) is 46.0 Å². The summed E-state index contributed by atoms with van der Waals surface area (Å²) < 4.78 is 45.8. The second-order valence-electron chi connectivity index (χ2n) is 12.1. The minimum atomic E-state index is -0.408. The molecule has 2 aliphatic rings. The topological polar surface area (TPSA) is 137 Å². The molecule has 4 aromatic carbocycles. The number of hydrogen-bond acceptors (Lipinski definition) is 12. The van der Waals surface area contributed by atoms with E-state index in [1.54, 1.807) is 48.7 Å². The number of anilines is 1. The maximum atomic E-state index is 12.6. The highest BCUT2D eigenvalue weighted by Gasteiger charge is 2.29. The molecular weight excluding hydrogens is 682 g/mol. The number of rotatable bonds is 16. The van der Waals surface area contributed by atoms with Crippen molar-refractivity contribution in [2.75, 3.05) is 54.6 Å². The number of nitrogens with one attached hydrogen (secondary N) is 2. The van der Waals surface area contributed by atoms with Gasteiger partial charge >= 0.3 is 0 Å². The quantitative estimate of drug-likeness (QED) is 0.0896. The number of nitrogens with zero attached hydrogens (tertiary/aromatic N) is 1. The first-order valence-corrected chi connectivity index (χ1v) is 16.9. The molecule has 1 amide bonds. The van der Waals surface area contributed by atoms with E-state index in [2.05, 4.69) is 22.4 Å². The Labute approximate surface area is 308 Å². The zero-order valence-corrected chi connectivity index (χ0v) is 30.6. The van der Waals surface area contributed by atoms with E-state index in [1.165, 1.54) is 0 Å². The van der Waals surface area contributed by atoms with Crippen LogP contribution in [-0.2, 0) is 4.84 Å². The highest BCUT2D eigenvalue weighted by molar-refractivity contribution is 6.02. The minimum Gasteiger partial charge on any atom is -0.493 e. The van der Waals surface area contributed by atoms with Crippen LogP contribution in [0.2, 0.25) is 0 Å². The first kappa shape index (κ1) is 36.5. The summed E-state index contributed by atoms with van der Waals surface area (Å²) in [5.41, 5.74) is 4.51. The van der Waals surface area contributed by atoms with Crippen LogP contribution in [0.5, 0.6) is 46.0 Å². The van der Waals surface area contributed by atoms with Crippen molar-refractivity contribution in [2.45, 2.75) is 31.5 Å². The van der Waals surface area contributed by atoms with E-state index in [9.17, 15) is 4.79 Å². The Bertz CT molecular complexity index is 1960. The number of fused-ring (bicyclic) bond motifs is 1. The zero-order valence-electron chi connectivity index (χ0n) is 30.6. The molecule has 2 N–H and O–H groups in total. The highest BCUT2D eigenvalue weighted by Crippen LogP contribution is 2.45. The molecule has 0 aromatic heterocycles. The lowest BCUT2D eigenvalue weighted by molar-refractivity contribution is 0.0853. The van der Waals surface area contributed by atoms with E-state index in [1.807, 2.05) is 60.7 Å². The van der Waals surface area contributed by atoms with Crippen molar-refractivity contribution in [3.05, 3.63) is 101 Å². The van der Waals surface area contributed by atoms with E-state index >= 15 is 0 Å². The molecular formula is C40H43N3O10. The van der Waals surface area contributed by atoms with E-state index in [0.717, 1.165) is 28.1 Å². The van der Waals surface area contributed by atoms with Gasteiger partial charge in [-0.1, -0.05) is 29.9 Å². The summed E-state index contributed by atoms with van der Waals surface area (Å²) in [6.07, 6.45) is 0.786. The van der Waals surface area contributed by atoms with E-state index < -0.39 is 12.3 Å². The molecule has 6 rings (SSSR count). The molecule has 0 saturated heterocycles. The van der Waals surface area contributed by atoms with Gasteiger partial charge in [-0.2, -0.15) is 0 Å². The van der Waals surface area contributed by atoms with Crippen LogP contribution in [0.4, 0.5) is 5.69 Å². The number of oxime groups is 1. The van der Waals surface area contributed by atoms with Gasteiger partial charge in [0.2, 0.25) is 11.5 Å². The Kier molecular flexibility index (Phi) is 11.3. The Morgan fingerprint density at radius 2 is 1.40 bits per heavy atom. The summed E-state index contributed by atoms with van der Waals surface area (Å²) in [5, 5.41) is 10.7. The Morgan fingerprint density at radius 3 is 2.06 bits per heavy atom. The number of hydrogen-bond donors (Lipinski definition) is 2.